The Morgan fingerprint density at radius 1 is 0.571 bits per heavy atom. The van der Waals surface area contributed by atoms with Crippen LogP contribution >= 0.6 is 11.8 Å². The zero-order valence-electron chi connectivity index (χ0n) is 61.4. The van der Waals surface area contributed by atoms with Gasteiger partial charge in [-0.25, -0.2) is 0 Å². The van der Waals surface area contributed by atoms with Crippen LogP contribution in [-0.4, -0.2) is 266 Å². The minimum atomic E-state index is -1.91. The van der Waals surface area contributed by atoms with E-state index >= 15 is 0 Å². The van der Waals surface area contributed by atoms with Gasteiger partial charge >= 0.3 is 30.6 Å². The topological polar surface area (TPSA) is 603 Å². The number of carbonyl (C=O) groups excluding carboxylic acids is 11. The molecule has 11 amide bonds. The van der Waals surface area contributed by atoms with Crippen molar-refractivity contribution in [2.24, 2.45) is 39.9 Å². The van der Waals surface area contributed by atoms with E-state index in [0.29, 0.717) is 90.9 Å². The molecule has 4 unspecified atom stereocenters. The zero-order chi connectivity index (χ0) is 79.5. The average molecular weight is 1600 g/mol. The predicted octanol–water partition coefficient (Wildman–Crippen LogP) is -2.08. The number of aliphatic hydroxyl groups is 1. The molecule has 0 aliphatic heterocycles. The number of carboxylic acid groups (broad SMARTS) is 1. The Morgan fingerprint density at radius 3 is 1.57 bits per heavy atom. The van der Waals surface area contributed by atoms with Gasteiger partial charge in [0, 0.05) is 45.4 Å². The second-order valence-corrected chi connectivity index (χ2v) is 25.8. The number of primary amides is 1. The second-order valence-electron chi connectivity index (χ2n) is 24.5. The van der Waals surface area contributed by atoms with E-state index < -0.39 is 139 Å². The first kappa shape index (κ1) is 99.4. The van der Waals surface area contributed by atoms with Crippen LogP contribution in [0.25, 0.3) is 22.1 Å². The Hall–Kier alpha value is -7.63. The van der Waals surface area contributed by atoms with Crippen molar-refractivity contribution in [3.63, 3.8) is 0 Å². The standard InChI is InChI=1S/C36H63N11O8.C29H51N7O10S.2O.Tc/c1-28(6-5-11-45-36(39)40)46-35(51)31(22-29-7-3-2-4-8-29)47-34(50)27-55-26-33(49)44-15-17-53-19-21-54-20-18-52-16-14-43-32(48)23-30(24-41-12-9-37)25-42-13-10-38;1-14(2)10-19(24(30)41)34-25(42)16(5)31-27(44)20(11-15(3)4)35-28(45)21(12-23(39)40)36-26(43)18(8-9-47-7)33-29(46)22(13-37)32-17(6)38;;;/h2-4,7-8,28,30-31,37-38H,5-6,9-27H2,1H3,(H,43,48)(H,44,49)(H,46,51)(H,47,50)(H4,39,40,45);14-16,18-22,37H,8-13H2,1-7H3,(H2,30,41)(H,31,44)(H,32,38)(H,33,46)(H,34,42)(H,35,45)(H,36,43)(H,39,40);;;/q-4;;;;/t28?,31-;16-,18?,19?,20?,21-,22-;;;/m00.../s1. The molecule has 0 radical (unpaired) electrons. The number of nitrogens with one attached hydrogen (secondary N) is 12. The Kier molecular flexibility index (Phi) is 59.2. The number of aliphatic carboxylic acids is 1. The number of amides is 11. The molecule has 0 heterocycles. The van der Waals surface area contributed by atoms with Crippen LogP contribution < -0.4 is 70.4 Å². The summed E-state index contributed by atoms with van der Waals surface area (Å²) < 4.78 is 38.6. The van der Waals surface area contributed by atoms with Gasteiger partial charge in [-0.05, 0) is 75.4 Å². The SMILES string of the molecule is CC(CCCN=C(N)N)NC(=O)[C@H](Cc1ccccc1)NC(=O)COCC(=O)NCCOCCOCCOCCNC(=O)CC(C[N-]CC[NH-])C[N-]CC[NH-].CSCCC(NC(=O)[C@H](CO)NC(C)=O)C(=O)N[C@@H](CC(=O)O)C(=O)NC(CC(C)C)C(=O)N[C@@H](C)C(=O)NC(CC(C)C)C(N)=O.[O]=[Tc]=[O]. The van der Waals surface area contributed by atoms with E-state index in [1.807, 2.05) is 51.1 Å². The molecule has 40 heteroatoms. The Bertz CT molecular complexity index is 2770. The van der Waals surface area contributed by atoms with Crippen molar-refractivity contribution in [2.75, 3.05) is 130 Å². The third kappa shape index (κ3) is 54.6. The van der Waals surface area contributed by atoms with Gasteiger partial charge < -0.3 is 122 Å². The van der Waals surface area contributed by atoms with Crippen molar-refractivity contribution in [2.45, 2.75) is 148 Å². The van der Waals surface area contributed by atoms with Crippen molar-refractivity contribution in [1.82, 2.24) is 53.2 Å². The summed E-state index contributed by atoms with van der Waals surface area (Å²) in [5, 5.41) is 53.0. The summed E-state index contributed by atoms with van der Waals surface area (Å²) in [7, 11) is 0. The fourth-order valence-electron chi connectivity index (χ4n) is 9.14. The molecule has 0 fully saturated rings. The van der Waals surface area contributed by atoms with Crippen molar-refractivity contribution in [3.8, 4) is 0 Å². The predicted molar refractivity (Wildman–Crippen MR) is 386 cm³/mol. The number of benzene rings is 1. The number of aliphatic hydroxyl groups excluding tert-OH is 1. The monoisotopic (exact) mass is 1600 g/mol. The number of carbonyl (C=O) groups is 12. The van der Waals surface area contributed by atoms with Gasteiger partial charge in [-0.1, -0.05) is 63.9 Å². The first-order valence-electron chi connectivity index (χ1n) is 34.3. The third-order valence-corrected chi connectivity index (χ3v) is 14.8. The Labute approximate surface area is 626 Å². The van der Waals surface area contributed by atoms with Crippen LogP contribution in [0, 0.1) is 17.8 Å². The molecule has 0 aliphatic carbocycles. The average Bonchev–Trinajstić information content (AvgIpc) is 0.882. The molecule has 20 N–H and O–H groups in total. The van der Waals surface area contributed by atoms with Gasteiger partial charge in [-0.3, -0.25) is 62.5 Å². The molecule has 0 bridgehead atoms. The number of hydrogen-bond acceptors (Lipinski definition) is 21. The molecule has 38 nitrogen and oxygen atoms in total. The summed E-state index contributed by atoms with van der Waals surface area (Å²) in [6, 6.07) is 0.659. The van der Waals surface area contributed by atoms with Gasteiger partial charge in [-0.15, -0.1) is 13.1 Å². The zero-order valence-corrected chi connectivity index (χ0v) is 64.1. The van der Waals surface area contributed by atoms with E-state index in [1.54, 1.807) is 20.1 Å². The number of hydrogen-bond donors (Lipinski definition) is 15. The molecule has 601 valence electrons. The molecule has 0 aliphatic rings. The number of aliphatic imine (C=N–C) groups is 1. The first-order chi connectivity index (χ1) is 49.9. The van der Waals surface area contributed by atoms with Crippen molar-refractivity contribution < 1.29 is 111 Å². The summed E-state index contributed by atoms with van der Waals surface area (Å²) in [6.07, 6.45) is 3.18. The van der Waals surface area contributed by atoms with E-state index in [4.69, 9.17) is 54.6 Å². The number of nitrogens with zero attached hydrogens (tertiary/aromatic N) is 3. The van der Waals surface area contributed by atoms with Crippen LogP contribution in [0.1, 0.15) is 99.0 Å². The van der Waals surface area contributed by atoms with E-state index in [1.165, 1.54) is 18.7 Å². The van der Waals surface area contributed by atoms with Crippen molar-refractivity contribution in [3.05, 3.63) is 58.0 Å². The van der Waals surface area contributed by atoms with E-state index in [-0.39, 0.29) is 107 Å². The van der Waals surface area contributed by atoms with Crippen molar-refractivity contribution in [1.29, 1.82) is 0 Å². The molecular weight excluding hydrogens is 1480 g/mol. The number of nitrogens with two attached hydrogens (primary N) is 3. The first-order valence-corrected chi connectivity index (χ1v) is 37.2. The van der Waals surface area contributed by atoms with Gasteiger partial charge in [0.25, 0.3) is 0 Å². The van der Waals surface area contributed by atoms with Gasteiger partial charge in [0.2, 0.25) is 65.0 Å². The fraction of sp³-hybridized carbons (Fsp3) is 0.708. The normalized spacial score (nSPS) is 13.1. The summed E-state index contributed by atoms with van der Waals surface area (Å²) in [5.74, 6) is -8.17. The molecule has 105 heavy (non-hydrogen) atoms. The third-order valence-electron chi connectivity index (χ3n) is 14.1. The minimum absolute atomic E-state index is 0.0171. The van der Waals surface area contributed by atoms with Crippen molar-refractivity contribution >= 4 is 88.7 Å². The summed E-state index contributed by atoms with van der Waals surface area (Å²) in [6.45, 7) is 15.4. The molecule has 8 atom stereocenters. The number of rotatable bonds is 57. The number of ether oxygens (including phenoxy) is 4. The van der Waals surface area contributed by atoms with Crippen LogP contribution in [0.3, 0.4) is 0 Å². The van der Waals surface area contributed by atoms with Gasteiger partial charge in [0.05, 0.1) is 52.7 Å². The van der Waals surface area contributed by atoms with Gasteiger partial charge in [0.1, 0.15) is 55.5 Å². The van der Waals surface area contributed by atoms with E-state index in [2.05, 4.69) is 68.8 Å². The molecule has 1 aromatic rings. The second kappa shape index (κ2) is 62.6. The van der Waals surface area contributed by atoms with Crippen LogP contribution in [0.4, 0.5) is 0 Å². The molecular formula is C65H114N18O20STc-4. The Balaban J connectivity index is 0. The fourth-order valence-corrected chi connectivity index (χ4v) is 9.61. The Morgan fingerprint density at radius 2 is 1.06 bits per heavy atom. The molecule has 0 aromatic heterocycles. The maximum absolute atomic E-state index is 13.3. The number of guanidine groups is 1. The molecule has 0 saturated carbocycles. The van der Waals surface area contributed by atoms with E-state index in [0.717, 1.165) is 12.5 Å². The van der Waals surface area contributed by atoms with Gasteiger partial charge in [-0.2, -0.15) is 37.9 Å². The summed E-state index contributed by atoms with van der Waals surface area (Å²) in [5.41, 5.74) is 31.3. The quantitative estimate of drug-likeness (QED) is 0.0189. The number of carboxylic acids is 1. The van der Waals surface area contributed by atoms with Crippen LogP contribution in [0.5, 0.6) is 0 Å². The van der Waals surface area contributed by atoms with Crippen LogP contribution in [0.15, 0.2) is 35.3 Å². The van der Waals surface area contributed by atoms with E-state index in [9.17, 15) is 67.7 Å². The van der Waals surface area contributed by atoms with Gasteiger partial charge in [0.15, 0.2) is 5.96 Å². The molecule has 0 saturated heterocycles. The summed E-state index contributed by atoms with van der Waals surface area (Å²) >= 11 is -0.564. The number of thioether (sulfide) groups is 1. The molecule has 1 aromatic carbocycles. The summed E-state index contributed by atoms with van der Waals surface area (Å²) in [4.78, 5) is 154. The molecule has 1 rings (SSSR count). The molecule has 0 spiro atoms. The van der Waals surface area contributed by atoms with Crippen LogP contribution in [-0.2, 0) is 108 Å². The van der Waals surface area contributed by atoms with Crippen LogP contribution in [0.2, 0.25) is 0 Å². The maximum atomic E-state index is 13.3.